The van der Waals surface area contributed by atoms with E-state index in [-0.39, 0.29) is 28.7 Å². The second-order valence-electron chi connectivity index (χ2n) is 12.4. The summed E-state index contributed by atoms with van der Waals surface area (Å²) in [4.78, 5) is 13.1. The van der Waals surface area contributed by atoms with Crippen LogP contribution in [0.1, 0.15) is 45.3 Å². The minimum atomic E-state index is -0.700. The maximum absolute atomic E-state index is 15.7. The van der Waals surface area contributed by atoms with Crippen LogP contribution in [0, 0.1) is 25.5 Å². The number of aryl methyl sites for hydroxylation is 3. The summed E-state index contributed by atoms with van der Waals surface area (Å²) in [5, 5.41) is 34.1. The molecule has 8 nitrogen and oxygen atoms in total. The fourth-order valence-corrected chi connectivity index (χ4v) is 7.43. The molecule has 0 unspecified atom stereocenters. The Balaban J connectivity index is 0.000000208. The molecule has 0 atom stereocenters. The van der Waals surface area contributed by atoms with E-state index in [1.165, 1.54) is 55.6 Å². The minimum Gasteiger partial charge on any atom is -0.508 e. The number of nitrogens with two attached hydrogens (primary N) is 2. The summed E-state index contributed by atoms with van der Waals surface area (Å²) in [5.74, 6) is -0.974. The second kappa shape index (κ2) is 16.8. The van der Waals surface area contributed by atoms with Gasteiger partial charge in [-0.05, 0) is 120 Å². The normalized spacial score (nSPS) is 11.2. The molecule has 7 N–H and O–H groups in total. The quantitative estimate of drug-likeness (QED) is 0.0427. The lowest BCUT2D eigenvalue weighted by Crippen LogP contribution is -2.17. The molecule has 0 fully saturated rings. The van der Waals surface area contributed by atoms with Crippen molar-refractivity contribution < 1.29 is 33.7 Å². The van der Waals surface area contributed by atoms with Crippen LogP contribution in [0.3, 0.4) is 0 Å². The van der Waals surface area contributed by atoms with Gasteiger partial charge in [0.25, 0.3) is 0 Å². The van der Waals surface area contributed by atoms with Gasteiger partial charge >= 0.3 is 0 Å². The third-order valence-corrected chi connectivity index (χ3v) is 10.0. The first-order valence-electron chi connectivity index (χ1n) is 16.7. The van der Waals surface area contributed by atoms with Gasteiger partial charge in [0.1, 0.15) is 28.9 Å². The Kier molecular flexibility index (Phi) is 12.3. The average Bonchev–Trinajstić information content (AvgIpc) is 3.49. The molecular formula is C42H38ClF2N3O5S. The highest BCUT2D eigenvalue weighted by molar-refractivity contribution is 7.10. The molecule has 6 rings (SSSR count). The Morgan fingerprint density at radius 2 is 1.44 bits per heavy atom. The van der Waals surface area contributed by atoms with E-state index >= 15 is 4.39 Å². The van der Waals surface area contributed by atoms with Crippen molar-refractivity contribution in [3.8, 4) is 61.8 Å². The molecule has 1 aromatic heterocycles. The Morgan fingerprint density at radius 1 is 0.815 bits per heavy atom. The van der Waals surface area contributed by atoms with Crippen molar-refractivity contribution in [2.75, 3.05) is 7.11 Å². The van der Waals surface area contributed by atoms with E-state index in [2.05, 4.69) is 5.16 Å². The first-order valence-corrected chi connectivity index (χ1v) is 18.0. The zero-order valence-electron chi connectivity index (χ0n) is 29.9. The van der Waals surface area contributed by atoms with Crippen molar-refractivity contribution in [2.24, 2.45) is 16.6 Å². The number of nitrogens with zero attached hydrogens (tertiary/aromatic N) is 1. The largest absolute Gasteiger partial charge is 0.508 e. The van der Waals surface area contributed by atoms with Crippen LogP contribution in [0.4, 0.5) is 8.78 Å². The maximum Gasteiger partial charge on any atom is 0.249 e. The number of primary amides is 1. The number of phenols is 2. The van der Waals surface area contributed by atoms with Crippen molar-refractivity contribution in [1.82, 2.24) is 0 Å². The third-order valence-electron chi connectivity index (χ3n) is 8.78. The molecule has 5 aromatic carbocycles. The summed E-state index contributed by atoms with van der Waals surface area (Å²) in [5.41, 5.74) is 18.3. The zero-order chi connectivity index (χ0) is 39.3. The van der Waals surface area contributed by atoms with Gasteiger partial charge in [-0.1, -0.05) is 54.4 Å². The molecule has 6 aromatic rings. The van der Waals surface area contributed by atoms with Crippen LogP contribution in [0.15, 0.2) is 95.5 Å². The van der Waals surface area contributed by atoms with E-state index in [1.54, 1.807) is 47.7 Å². The highest BCUT2D eigenvalue weighted by atomic mass is 35.5. The summed E-state index contributed by atoms with van der Waals surface area (Å²) in [6.07, 6.45) is 1.29. The van der Waals surface area contributed by atoms with Crippen LogP contribution < -0.4 is 16.2 Å². The number of amides is 1. The zero-order valence-corrected chi connectivity index (χ0v) is 31.4. The number of benzene rings is 5. The topological polar surface area (TPSA) is 151 Å². The summed E-state index contributed by atoms with van der Waals surface area (Å²) < 4.78 is 35.0. The van der Waals surface area contributed by atoms with Crippen molar-refractivity contribution in [3.63, 3.8) is 0 Å². The Labute approximate surface area is 320 Å². The predicted octanol–water partition coefficient (Wildman–Crippen LogP) is 10.2. The summed E-state index contributed by atoms with van der Waals surface area (Å²) in [6, 6.07) is 21.6. The molecule has 0 aliphatic heterocycles. The molecule has 1 heterocycles. The number of halogens is 3. The van der Waals surface area contributed by atoms with Gasteiger partial charge in [0.15, 0.2) is 5.84 Å². The lowest BCUT2D eigenvalue weighted by Gasteiger charge is -2.20. The van der Waals surface area contributed by atoms with E-state index in [9.17, 15) is 24.6 Å². The Morgan fingerprint density at radius 3 is 1.98 bits per heavy atom. The average molecular weight is 770 g/mol. The number of hydrogen-bond acceptors (Lipinski definition) is 7. The van der Waals surface area contributed by atoms with Gasteiger partial charge in [-0.3, -0.25) is 4.79 Å². The monoisotopic (exact) mass is 769 g/mol. The van der Waals surface area contributed by atoms with Crippen molar-refractivity contribution in [3.05, 3.63) is 134 Å². The van der Waals surface area contributed by atoms with Crippen molar-refractivity contribution in [1.29, 1.82) is 0 Å². The van der Waals surface area contributed by atoms with E-state index < -0.39 is 11.7 Å². The number of methoxy groups -OCH3 is 1. The smallest absolute Gasteiger partial charge is 0.249 e. The number of amidine groups is 1. The molecule has 0 aliphatic rings. The molecule has 278 valence electrons. The number of oxime groups is 1. The van der Waals surface area contributed by atoms with Crippen LogP contribution in [0.2, 0.25) is 5.02 Å². The highest BCUT2D eigenvalue weighted by Crippen LogP contribution is 2.44. The highest BCUT2D eigenvalue weighted by Gasteiger charge is 2.26. The minimum absolute atomic E-state index is 0.0580. The number of ether oxygens (including phenoxy) is 1. The predicted molar refractivity (Wildman–Crippen MR) is 212 cm³/mol. The van der Waals surface area contributed by atoms with Crippen LogP contribution in [-0.4, -0.2) is 34.3 Å². The van der Waals surface area contributed by atoms with Gasteiger partial charge in [0.05, 0.1) is 7.11 Å². The first kappa shape index (κ1) is 39.3. The fraction of sp³-hybridized carbons (Fsp3) is 0.143. The molecule has 0 saturated carbocycles. The van der Waals surface area contributed by atoms with Gasteiger partial charge < -0.3 is 31.6 Å². The first-order chi connectivity index (χ1) is 25.8. The lowest BCUT2D eigenvalue weighted by atomic mass is 9.85. The standard InChI is InChI=1S/C22H23FN2O2S.C20H15ClFNO3/c1-4-5-15-10-17(22(24)25-27)20(18-12(2)11-28-13(18)3)19(21(15)23)14-6-8-16(26)9-7-14;1-26-18-7-4-13(22)10-16(18)19-15(11-2-5-14(24)6-3-11)8-12(21)9-17(19)20(23)25/h6-11,26-27H,4-5H2,1-3H3,(H2,24,25);2-10,24H,1H3,(H2,23,25). The van der Waals surface area contributed by atoms with Crippen molar-refractivity contribution >= 4 is 34.7 Å². The molecule has 0 spiro atoms. The van der Waals surface area contributed by atoms with Crippen LogP contribution in [-0.2, 0) is 6.42 Å². The molecule has 12 heteroatoms. The van der Waals surface area contributed by atoms with Crippen LogP contribution >= 0.6 is 22.9 Å². The van der Waals surface area contributed by atoms with E-state index in [4.69, 9.17) is 27.8 Å². The summed E-state index contributed by atoms with van der Waals surface area (Å²) in [6.45, 7) is 5.92. The van der Waals surface area contributed by atoms with E-state index in [1.807, 2.05) is 26.2 Å². The van der Waals surface area contributed by atoms with Crippen LogP contribution in [0.25, 0.3) is 44.5 Å². The van der Waals surface area contributed by atoms with E-state index in [0.29, 0.717) is 67.3 Å². The number of thiophene rings is 1. The summed E-state index contributed by atoms with van der Waals surface area (Å²) in [7, 11) is 1.46. The maximum atomic E-state index is 15.7. The molecular weight excluding hydrogens is 732 g/mol. The Hall–Kier alpha value is -5.91. The number of carbonyl (C=O) groups is 1. The van der Waals surface area contributed by atoms with Gasteiger partial charge in [0.2, 0.25) is 5.91 Å². The third kappa shape index (κ3) is 8.17. The number of aromatic hydroxyl groups is 2. The Bertz CT molecular complexity index is 2340. The number of carbonyl (C=O) groups excluding carboxylic acids is 1. The van der Waals surface area contributed by atoms with Crippen molar-refractivity contribution in [2.45, 2.75) is 33.6 Å². The fourth-order valence-electron chi connectivity index (χ4n) is 6.36. The lowest BCUT2D eigenvalue weighted by molar-refractivity contribution is 0.100. The number of phenolic OH excluding ortho intramolecular Hbond substituents is 2. The molecule has 1 amide bonds. The van der Waals surface area contributed by atoms with E-state index in [0.717, 1.165) is 22.4 Å². The summed E-state index contributed by atoms with van der Waals surface area (Å²) >= 11 is 7.75. The molecule has 54 heavy (non-hydrogen) atoms. The van der Waals surface area contributed by atoms with Gasteiger partial charge in [-0.15, -0.1) is 11.3 Å². The molecule has 0 aliphatic carbocycles. The molecule has 0 radical (unpaired) electrons. The van der Waals surface area contributed by atoms with Gasteiger partial charge in [-0.2, -0.15) is 0 Å². The van der Waals surface area contributed by atoms with Gasteiger partial charge in [-0.25, -0.2) is 8.78 Å². The van der Waals surface area contributed by atoms with Crippen LogP contribution in [0.5, 0.6) is 17.2 Å². The number of rotatable bonds is 9. The molecule has 0 bridgehead atoms. The van der Waals surface area contributed by atoms with Gasteiger partial charge in [0, 0.05) is 43.3 Å². The molecule has 0 saturated heterocycles. The SMILES string of the molecule is CCCc1cc(C(N)=NO)c(-c2c(C)csc2C)c(-c2ccc(O)cc2)c1F.COc1ccc(F)cc1-c1c(C(N)=O)cc(Cl)cc1-c1ccc(O)cc1. The number of hydrogen-bond donors (Lipinski definition) is 5. The second-order valence-corrected chi connectivity index (χ2v) is 13.9.